The molecule has 2 heterocycles. The van der Waals surface area contributed by atoms with Crippen molar-refractivity contribution < 1.29 is 4.74 Å². The van der Waals surface area contributed by atoms with Crippen molar-refractivity contribution in [3.63, 3.8) is 0 Å². The largest absolute Gasteiger partial charge is 0.487 e. The molecule has 0 spiro atoms. The Morgan fingerprint density at radius 1 is 1.35 bits per heavy atom. The van der Waals surface area contributed by atoms with Crippen molar-refractivity contribution in [2.24, 2.45) is 0 Å². The van der Waals surface area contributed by atoms with Gasteiger partial charge in [-0.1, -0.05) is 17.7 Å². The van der Waals surface area contributed by atoms with Gasteiger partial charge in [-0.2, -0.15) is 11.8 Å². The normalized spacial score (nSPS) is 24.6. The van der Waals surface area contributed by atoms with E-state index in [9.17, 15) is 0 Å². The smallest absolute Gasteiger partial charge is 0.138 e. The van der Waals surface area contributed by atoms with E-state index in [4.69, 9.17) is 16.3 Å². The predicted octanol–water partition coefficient (Wildman–Crippen LogP) is 2.91. The molecular weight excluding hydrogens is 254 g/mol. The first-order valence-corrected chi connectivity index (χ1v) is 7.61. The van der Waals surface area contributed by atoms with Gasteiger partial charge in [-0.05, 0) is 36.6 Å². The van der Waals surface area contributed by atoms with E-state index in [0.717, 1.165) is 35.4 Å². The summed E-state index contributed by atoms with van der Waals surface area (Å²) in [6, 6.07) is 6.25. The molecule has 2 saturated heterocycles. The fourth-order valence-electron chi connectivity index (χ4n) is 2.27. The van der Waals surface area contributed by atoms with Crippen LogP contribution in [-0.4, -0.2) is 30.7 Å². The molecule has 92 valence electrons. The zero-order chi connectivity index (χ0) is 11.7. The number of halogens is 1. The van der Waals surface area contributed by atoms with Gasteiger partial charge in [-0.3, -0.25) is 0 Å². The fourth-order valence-corrected chi connectivity index (χ4v) is 3.07. The van der Waals surface area contributed by atoms with Crippen LogP contribution in [0.15, 0.2) is 18.2 Å². The molecule has 1 aromatic rings. The van der Waals surface area contributed by atoms with E-state index in [-0.39, 0.29) is 0 Å². The monoisotopic (exact) mass is 269 g/mol. The maximum absolute atomic E-state index is 6.28. The number of benzene rings is 1. The maximum atomic E-state index is 6.28. The third-order valence-electron chi connectivity index (χ3n) is 3.39. The van der Waals surface area contributed by atoms with Gasteiger partial charge in [0.1, 0.15) is 11.9 Å². The van der Waals surface area contributed by atoms with Gasteiger partial charge in [0.2, 0.25) is 0 Å². The summed E-state index contributed by atoms with van der Waals surface area (Å²) in [6.45, 7) is 2.18. The van der Waals surface area contributed by atoms with Crippen molar-refractivity contribution in [3.05, 3.63) is 28.8 Å². The molecule has 2 aliphatic heterocycles. The Hall–Kier alpha value is -0.380. The van der Waals surface area contributed by atoms with Crippen molar-refractivity contribution >= 4 is 23.4 Å². The Balaban J connectivity index is 1.73. The van der Waals surface area contributed by atoms with Gasteiger partial charge in [-0.15, -0.1) is 0 Å². The summed E-state index contributed by atoms with van der Waals surface area (Å²) in [5, 5.41) is 4.13. The minimum Gasteiger partial charge on any atom is -0.487 e. The second-order valence-corrected chi connectivity index (χ2v) is 6.14. The molecule has 0 bridgehead atoms. The van der Waals surface area contributed by atoms with Crippen LogP contribution in [0.25, 0.3) is 0 Å². The van der Waals surface area contributed by atoms with E-state index in [2.05, 4.69) is 17.4 Å². The van der Waals surface area contributed by atoms with Gasteiger partial charge < -0.3 is 10.1 Å². The van der Waals surface area contributed by atoms with Crippen molar-refractivity contribution in [2.75, 3.05) is 24.6 Å². The SMILES string of the molecule is Clc1cc(C2CCNC2)ccc1OC1CSC1. The van der Waals surface area contributed by atoms with Crippen LogP contribution in [0.5, 0.6) is 5.75 Å². The Morgan fingerprint density at radius 2 is 2.24 bits per heavy atom. The van der Waals surface area contributed by atoms with Crippen molar-refractivity contribution in [3.8, 4) is 5.75 Å². The number of nitrogens with one attached hydrogen (secondary N) is 1. The molecule has 3 rings (SSSR count). The Morgan fingerprint density at radius 3 is 2.82 bits per heavy atom. The lowest BCUT2D eigenvalue weighted by Gasteiger charge is -2.26. The lowest BCUT2D eigenvalue weighted by molar-refractivity contribution is 0.240. The average molecular weight is 270 g/mol. The van der Waals surface area contributed by atoms with E-state index < -0.39 is 0 Å². The first-order chi connectivity index (χ1) is 8.33. The van der Waals surface area contributed by atoms with Crippen molar-refractivity contribution in [1.82, 2.24) is 5.32 Å². The molecule has 4 heteroatoms. The molecule has 1 aromatic carbocycles. The lowest BCUT2D eigenvalue weighted by Crippen LogP contribution is -2.31. The lowest BCUT2D eigenvalue weighted by atomic mass is 9.98. The molecule has 1 N–H and O–H groups in total. The second-order valence-electron chi connectivity index (χ2n) is 4.66. The molecule has 1 unspecified atom stereocenters. The molecule has 2 fully saturated rings. The zero-order valence-corrected chi connectivity index (χ0v) is 11.2. The van der Waals surface area contributed by atoms with E-state index >= 15 is 0 Å². The number of thioether (sulfide) groups is 1. The van der Waals surface area contributed by atoms with Crippen LogP contribution in [0.4, 0.5) is 0 Å². The summed E-state index contributed by atoms with van der Waals surface area (Å²) >= 11 is 8.20. The summed E-state index contributed by atoms with van der Waals surface area (Å²) in [4.78, 5) is 0. The number of rotatable bonds is 3. The summed E-state index contributed by atoms with van der Waals surface area (Å²) in [5.74, 6) is 3.63. The van der Waals surface area contributed by atoms with Gasteiger partial charge >= 0.3 is 0 Å². The Bertz CT molecular complexity index is 402. The Labute approximate surface area is 111 Å². The topological polar surface area (TPSA) is 21.3 Å². The summed E-state index contributed by atoms with van der Waals surface area (Å²) in [7, 11) is 0. The molecule has 0 radical (unpaired) electrons. The molecule has 2 aliphatic rings. The number of hydrogen-bond acceptors (Lipinski definition) is 3. The first kappa shape index (κ1) is 11.7. The van der Waals surface area contributed by atoms with E-state index in [1.165, 1.54) is 12.0 Å². The van der Waals surface area contributed by atoms with Crippen LogP contribution >= 0.6 is 23.4 Å². The van der Waals surface area contributed by atoms with Crippen LogP contribution < -0.4 is 10.1 Å². The average Bonchev–Trinajstić information content (AvgIpc) is 2.78. The van der Waals surface area contributed by atoms with Crippen LogP contribution in [0.1, 0.15) is 17.9 Å². The zero-order valence-electron chi connectivity index (χ0n) is 9.62. The summed E-state index contributed by atoms with van der Waals surface area (Å²) in [5.41, 5.74) is 1.33. The quantitative estimate of drug-likeness (QED) is 0.912. The van der Waals surface area contributed by atoms with E-state index in [1.54, 1.807) is 0 Å². The minimum absolute atomic E-state index is 0.358. The molecule has 0 saturated carbocycles. The predicted molar refractivity (Wildman–Crippen MR) is 73.4 cm³/mol. The van der Waals surface area contributed by atoms with Crippen LogP contribution in [0, 0.1) is 0 Å². The summed E-state index contributed by atoms with van der Waals surface area (Å²) < 4.78 is 5.83. The molecule has 0 aromatic heterocycles. The van der Waals surface area contributed by atoms with Crippen molar-refractivity contribution in [1.29, 1.82) is 0 Å². The van der Waals surface area contributed by atoms with Gasteiger partial charge in [-0.25, -0.2) is 0 Å². The van der Waals surface area contributed by atoms with Gasteiger partial charge in [0.05, 0.1) is 5.02 Å². The van der Waals surface area contributed by atoms with Crippen LogP contribution in [0.2, 0.25) is 5.02 Å². The molecule has 2 nitrogen and oxygen atoms in total. The first-order valence-electron chi connectivity index (χ1n) is 6.07. The molecule has 1 atom stereocenters. The molecule has 0 amide bonds. The maximum Gasteiger partial charge on any atom is 0.138 e. The van der Waals surface area contributed by atoms with E-state index in [0.29, 0.717) is 12.0 Å². The third kappa shape index (κ3) is 2.56. The highest BCUT2D eigenvalue weighted by atomic mass is 35.5. The Kier molecular flexibility index (Phi) is 3.50. The highest BCUT2D eigenvalue weighted by Gasteiger charge is 2.22. The van der Waals surface area contributed by atoms with Gasteiger partial charge in [0.25, 0.3) is 0 Å². The van der Waals surface area contributed by atoms with Crippen LogP contribution in [0.3, 0.4) is 0 Å². The summed E-state index contributed by atoms with van der Waals surface area (Å²) in [6.07, 6.45) is 1.56. The van der Waals surface area contributed by atoms with Gasteiger partial charge in [0.15, 0.2) is 0 Å². The minimum atomic E-state index is 0.358. The number of ether oxygens (including phenoxy) is 1. The molecule has 17 heavy (non-hydrogen) atoms. The second kappa shape index (κ2) is 5.09. The fraction of sp³-hybridized carbons (Fsp3) is 0.538. The third-order valence-corrected chi connectivity index (χ3v) is 4.90. The molecular formula is C13H16ClNOS. The van der Waals surface area contributed by atoms with Gasteiger partial charge in [0, 0.05) is 18.1 Å². The highest BCUT2D eigenvalue weighted by molar-refractivity contribution is 8.00. The van der Waals surface area contributed by atoms with Crippen LogP contribution in [-0.2, 0) is 0 Å². The highest BCUT2D eigenvalue weighted by Crippen LogP contribution is 2.33. The van der Waals surface area contributed by atoms with Crippen molar-refractivity contribution in [2.45, 2.75) is 18.4 Å². The molecule has 0 aliphatic carbocycles. The standard InChI is InChI=1S/C13H16ClNOS/c14-12-5-9(10-3-4-15-6-10)1-2-13(12)16-11-7-17-8-11/h1-2,5,10-11,15H,3-4,6-8H2. The van der Waals surface area contributed by atoms with E-state index in [1.807, 2.05) is 17.8 Å². The number of hydrogen-bond donors (Lipinski definition) is 1.